The Morgan fingerprint density at radius 3 is 2.63 bits per heavy atom. The average molecular weight is 258 g/mol. The third-order valence-electron chi connectivity index (χ3n) is 5.06. The summed E-state index contributed by atoms with van der Waals surface area (Å²) in [6, 6.07) is 7.09. The zero-order valence-electron chi connectivity index (χ0n) is 12.3. The van der Waals surface area contributed by atoms with Gasteiger partial charge in [0, 0.05) is 31.2 Å². The SMILES string of the molecule is CNCC1(CN(C)c2ccc3c(c2)CCC3)CCC1. The fourth-order valence-corrected chi connectivity index (χ4v) is 3.83. The minimum atomic E-state index is 0.516. The van der Waals surface area contributed by atoms with Crippen molar-refractivity contribution in [2.24, 2.45) is 5.41 Å². The summed E-state index contributed by atoms with van der Waals surface area (Å²) in [6.45, 7) is 2.34. The van der Waals surface area contributed by atoms with Crippen LogP contribution in [0.25, 0.3) is 0 Å². The number of aryl methyl sites for hydroxylation is 2. The highest BCUT2D eigenvalue weighted by Gasteiger charge is 2.37. The fourth-order valence-electron chi connectivity index (χ4n) is 3.83. The molecule has 2 heteroatoms. The number of hydrogen-bond donors (Lipinski definition) is 1. The molecule has 19 heavy (non-hydrogen) atoms. The second-order valence-electron chi connectivity index (χ2n) is 6.55. The molecule has 0 bridgehead atoms. The molecular formula is C17H26N2. The number of hydrogen-bond acceptors (Lipinski definition) is 2. The van der Waals surface area contributed by atoms with Crippen LogP contribution in [0.2, 0.25) is 0 Å². The van der Waals surface area contributed by atoms with Gasteiger partial charge in [-0.2, -0.15) is 0 Å². The van der Waals surface area contributed by atoms with Gasteiger partial charge in [0.15, 0.2) is 0 Å². The molecule has 1 aromatic carbocycles. The molecule has 2 aliphatic carbocycles. The van der Waals surface area contributed by atoms with Gasteiger partial charge in [-0.1, -0.05) is 12.5 Å². The molecule has 2 nitrogen and oxygen atoms in total. The standard InChI is InChI=1S/C17H26N2/c1-18-12-17(9-4-10-17)13-19(2)16-8-7-14-5-3-6-15(14)11-16/h7-8,11,18H,3-6,9-10,12-13H2,1-2H3. The summed E-state index contributed by atoms with van der Waals surface area (Å²) in [5.41, 5.74) is 5.08. The van der Waals surface area contributed by atoms with Crippen molar-refractivity contribution < 1.29 is 0 Å². The van der Waals surface area contributed by atoms with E-state index in [1.807, 2.05) is 0 Å². The summed E-state index contributed by atoms with van der Waals surface area (Å²) in [5, 5.41) is 3.38. The molecule has 2 aliphatic rings. The van der Waals surface area contributed by atoms with Crippen LogP contribution in [0.5, 0.6) is 0 Å². The summed E-state index contributed by atoms with van der Waals surface area (Å²) in [5.74, 6) is 0. The van der Waals surface area contributed by atoms with E-state index in [0.29, 0.717) is 5.41 Å². The van der Waals surface area contributed by atoms with Crippen molar-refractivity contribution in [2.75, 3.05) is 32.1 Å². The molecule has 0 saturated heterocycles. The molecule has 0 heterocycles. The molecule has 0 unspecified atom stereocenters. The van der Waals surface area contributed by atoms with Gasteiger partial charge in [0.1, 0.15) is 0 Å². The highest BCUT2D eigenvalue weighted by Crippen LogP contribution is 2.41. The molecular weight excluding hydrogens is 232 g/mol. The van der Waals surface area contributed by atoms with Crippen molar-refractivity contribution in [1.82, 2.24) is 5.32 Å². The largest absolute Gasteiger partial charge is 0.374 e. The second-order valence-corrected chi connectivity index (χ2v) is 6.55. The smallest absolute Gasteiger partial charge is 0.0366 e. The Kier molecular flexibility index (Phi) is 3.53. The Labute approximate surface area is 117 Å². The van der Waals surface area contributed by atoms with Gasteiger partial charge in [0.2, 0.25) is 0 Å². The van der Waals surface area contributed by atoms with Crippen molar-refractivity contribution in [3.05, 3.63) is 29.3 Å². The first-order chi connectivity index (χ1) is 9.22. The van der Waals surface area contributed by atoms with Gasteiger partial charge in [0.05, 0.1) is 0 Å². The van der Waals surface area contributed by atoms with Crippen LogP contribution in [-0.4, -0.2) is 27.2 Å². The lowest BCUT2D eigenvalue weighted by Crippen LogP contribution is -2.47. The Bertz CT molecular complexity index is 449. The van der Waals surface area contributed by atoms with Gasteiger partial charge < -0.3 is 10.2 Å². The number of nitrogens with zero attached hydrogens (tertiary/aromatic N) is 1. The highest BCUT2D eigenvalue weighted by molar-refractivity contribution is 5.52. The van der Waals surface area contributed by atoms with Crippen molar-refractivity contribution >= 4 is 5.69 Å². The van der Waals surface area contributed by atoms with Crippen LogP contribution >= 0.6 is 0 Å². The molecule has 0 aromatic heterocycles. The zero-order chi connectivity index (χ0) is 13.3. The van der Waals surface area contributed by atoms with E-state index in [1.54, 1.807) is 11.1 Å². The van der Waals surface area contributed by atoms with Crippen molar-refractivity contribution in [1.29, 1.82) is 0 Å². The van der Waals surface area contributed by atoms with Crippen LogP contribution in [0, 0.1) is 5.41 Å². The molecule has 1 fully saturated rings. The van der Waals surface area contributed by atoms with E-state index in [-0.39, 0.29) is 0 Å². The molecule has 0 aliphatic heterocycles. The number of fused-ring (bicyclic) bond motifs is 1. The molecule has 0 radical (unpaired) electrons. The second kappa shape index (κ2) is 5.16. The Balaban J connectivity index is 1.71. The third kappa shape index (κ3) is 2.51. The van der Waals surface area contributed by atoms with Gasteiger partial charge in [-0.25, -0.2) is 0 Å². The third-order valence-corrected chi connectivity index (χ3v) is 5.06. The first-order valence-electron chi connectivity index (χ1n) is 7.70. The molecule has 0 spiro atoms. The lowest BCUT2D eigenvalue weighted by molar-refractivity contribution is 0.143. The molecule has 0 amide bonds. The monoisotopic (exact) mass is 258 g/mol. The summed E-state index contributed by atoms with van der Waals surface area (Å²) in [7, 11) is 4.34. The van der Waals surface area contributed by atoms with Crippen LogP contribution in [-0.2, 0) is 12.8 Å². The van der Waals surface area contributed by atoms with Gasteiger partial charge in [-0.05, 0) is 62.4 Å². The fraction of sp³-hybridized carbons (Fsp3) is 0.647. The van der Waals surface area contributed by atoms with E-state index in [9.17, 15) is 0 Å². The molecule has 1 saturated carbocycles. The van der Waals surface area contributed by atoms with E-state index >= 15 is 0 Å². The van der Waals surface area contributed by atoms with Crippen LogP contribution in [0.15, 0.2) is 18.2 Å². The highest BCUT2D eigenvalue weighted by atomic mass is 15.1. The van der Waals surface area contributed by atoms with Crippen LogP contribution in [0.4, 0.5) is 5.69 Å². The Morgan fingerprint density at radius 2 is 1.95 bits per heavy atom. The minimum absolute atomic E-state index is 0.516. The number of benzene rings is 1. The van der Waals surface area contributed by atoms with E-state index in [2.05, 4.69) is 42.5 Å². The van der Waals surface area contributed by atoms with E-state index in [0.717, 1.165) is 6.54 Å². The molecule has 0 atom stereocenters. The summed E-state index contributed by atoms with van der Waals surface area (Å²) in [6.07, 6.45) is 8.06. The maximum Gasteiger partial charge on any atom is 0.0366 e. The Hall–Kier alpha value is -1.02. The molecule has 1 aromatic rings. The van der Waals surface area contributed by atoms with E-state index < -0.39 is 0 Å². The van der Waals surface area contributed by atoms with E-state index in [4.69, 9.17) is 0 Å². The first kappa shape index (κ1) is 13.0. The van der Waals surface area contributed by atoms with E-state index in [1.165, 1.54) is 50.8 Å². The van der Waals surface area contributed by atoms with Crippen molar-refractivity contribution in [3.8, 4) is 0 Å². The Morgan fingerprint density at radius 1 is 1.16 bits per heavy atom. The predicted molar refractivity (Wildman–Crippen MR) is 81.9 cm³/mol. The van der Waals surface area contributed by atoms with Crippen molar-refractivity contribution in [2.45, 2.75) is 38.5 Å². The molecule has 104 valence electrons. The summed E-state index contributed by atoms with van der Waals surface area (Å²) >= 11 is 0. The topological polar surface area (TPSA) is 15.3 Å². The van der Waals surface area contributed by atoms with Crippen LogP contribution in [0.1, 0.15) is 36.8 Å². The van der Waals surface area contributed by atoms with Gasteiger partial charge in [-0.15, -0.1) is 0 Å². The number of nitrogens with one attached hydrogen (secondary N) is 1. The van der Waals surface area contributed by atoms with Gasteiger partial charge in [-0.3, -0.25) is 0 Å². The first-order valence-corrected chi connectivity index (χ1v) is 7.70. The minimum Gasteiger partial charge on any atom is -0.374 e. The number of anilines is 1. The average Bonchev–Trinajstić information content (AvgIpc) is 2.83. The van der Waals surface area contributed by atoms with Crippen LogP contribution < -0.4 is 10.2 Å². The number of rotatable bonds is 5. The summed E-state index contributed by atoms with van der Waals surface area (Å²) < 4.78 is 0. The quantitative estimate of drug-likeness (QED) is 0.873. The molecule has 3 rings (SSSR count). The zero-order valence-corrected chi connectivity index (χ0v) is 12.3. The predicted octanol–water partition coefficient (Wildman–Crippen LogP) is 3.00. The van der Waals surface area contributed by atoms with Crippen LogP contribution in [0.3, 0.4) is 0 Å². The normalized spacial score (nSPS) is 19.9. The lowest BCUT2D eigenvalue weighted by Gasteiger charge is -2.45. The maximum absolute atomic E-state index is 3.38. The lowest BCUT2D eigenvalue weighted by atomic mass is 9.68. The van der Waals surface area contributed by atoms with Gasteiger partial charge in [0.25, 0.3) is 0 Å². The summed E-state index contributed by atoms with van der Waals surface area (Å²) in [4.78, 5) is 2.47. The molecule has 1 N–H and O–H groups in total. The van der Waals surface area contributed by atoms with Gasteiger partial charge >= 0.3 is 0 Å². The van der Waals surface area contributed by atoms with Crippen molar-refractivity contribution in [3.63, 3.8) is 0 Å². The maximum atomic E-state index is 3.38.